The number of carbonyl (C=O) groups is 3. The molecule has 0 saturated carbocycles. The Morgan fingerprint density at radius 1 is 1.03 bits per heavy atom. The Bertz CT molecular complexity index is 943. The Morgan fingerprint density at radius 2 is 1.77 bits per heavy atom. The van der Waals surface area contributed by atoms with E-state index >= 15 is 0 Å². The van der Waals surface area contributed by atoms with Crippen LogP contribution in [0.2, 0.25) is 5.02 Å². The van der Waals surface area contributed by atoms with E-state index in [-0.39, 0.29) is 30.6 Å². The Kier molecular flexibility index (Phi) is 7.50. The number of amides is 3. The normalized spacial score (nSPS) is 14.4. The second-order valence-electron chi connectivity index (χ2n) is 7.41. The molecule has 0 radical (unpaired) electrons. The number of thiophene rings is 1. The minimum Gasteiger partial charge on any atom is -0.341 e. The van der Waals surface area contributed by atoms with Gasteiger partial charge in [-0.25, -0.2) is 4.79 Å². The van der Waals surface area contributed by atoms with Gasteiger partial charge < -0.3 is 15.1 Å². The molecule has 2 heterocycles. The first-order chi connectivity index (χ1) is 14.3. The number of ketones is 1. The van der Waals surface area contributed by atoms with Gasteiger partial charge >= 0.3 is 6.03 Å². The molecule has 8 heteroatoms. The van der Waals surface area contributed by atoms with E-state index in [1.54, 1.807) is 45.4 Å². The largest absolute Gasteiger partial charge is 0.341 e. The number of aryl methyl sites for hydroxylation is 2. The molecule has 1 N–H and O–H groups in total. The maximum absolute atomic E-state index is 12.6. The zero-order chi connectivity index (χ0) is 21.7. The van der Waals surface area contributed by atoms with Crippen LogP contribution in [0, 0.1) is 13.8 Å². The van der Waals surface area contributed by atoms with Crippen LogP contribution in [-0.4, -0.2) is 53.7 Å². The predicted octanol–water partition coefficient (Wildman–Crippen LogP) is 4.75. The monoisotopic (exact) mass is 447 g/mol. The molecule has 0 aliphatic carbocycles. The van der Waals surface area contributed by atoms with Crippen LogP contribution in [0.5, 0.6) is 0 Å². The number of halogens is 1. The molecule has 1 fully saturated rings. The number of hydrogen-bond donors (Lipinski definition) is 1. The smallest absolute Gasteiger partial charge is 0.321 e. The lowest BCUT2D eigenvalue weighted by molar-refractivity contribution is -0.131. The summed E-state index contributed by atoms with van der Waals surface area (Å²) in [5, 5.41) is 3.40. The summed E-state index contributed by atoms with van der Waals surface area (Å²) in [5.74, 6) is -0.0207. The first-order valence-electron chi connectivity index (χ1n) is 10.0. The number of benzene rings is 1. The number of nitrogens with one attached hydrogen (secondary N) is 1. The highest BCUT2D eigenvalue weighted by Gasteiger charge is 2.23. The maximum atomic E-state index is 12.6. The standard InChI is InChI=1S/C22H26ClN3O3S/c1-15-13-19(16(2)30-15)20(27)7-8-21(28)25-9-4-10-26(12-11-25)22(29)24-18-6-3-5-17(23)14-18/h3,5-6,13-14H,4,7-12H2,1-2H3,(H,24,29). The van der Waals surface area contributed by atoms with Crippen LogP contribution in [0.1, 0.15) is 39.4 Å². The molecule has 2 aromatic rings. The summed E-state index contributed by atoms with van der Waals surface area (Å²) in [7, 11) is 0. The van der Waals surface area contributed by atoms with Crippen LogP contribution in [0.15, 0.2) is 30.3 Å². The van der Waals surface area contributed by atoms with Crippen molar-refractivity contribution in [1.29, 1.82) is 0 Å². The maximum Gasteiger partial charge on any atom is 0.321 e. The second kappa shape index (κ2) is 10.1. The van der Waals surface area contributed by atoms with Crippen molar-refractivity contribution in [2.45, 2.75) is 33.1 Å². The number of carbonyl (C=O) groups excluding carboxylic acids is 3. The van der Waals surface area contributed by atoms with E-state index in [1.807, 2.05) is 19.9 Å². The highest BCUT2D eigenvalue weighted by molar-refractivity contribution is 7.12. The summed E-state index contributed by atoms with van der Waals surface area (Å²) in [6.07, 6.45) is 1.11. The van der Waals surface area contributed by atoms with E-state index in [1.165, 1.54) is 0 Å². The van der Waals surface area contributed by atoms with Crippen LogP contribution >= 0.6 is 22.9 Å². The average molecular weight is 448 g/mol. The minimum absolute atomic E-state index is 0.0162. The summed E-state index contributed by atoms with van der Waals surface area (Å²) in [6.45, 7) is 5.99. The molecule has 1 aromatic carbocycles. The van der Waals surface area contributed by atoms with Gasteiger partial charge in [-0.2, -0.15) is 0 Å². The molecule has 1 saturated heterocycles. The first kappa shape index (κ1) is 22.3. The van der Waals surface area contributed by atoms with Crippen molar-refractivity contribution in [3.05, 3.63) is 50.7 Å². The molecule has 0 bridgehead atoms. The Balaban J connectivity index is 1.49. The topological polar surface area (TPSA) is 69.7 Å². The highest BCUT2D eigenvalue weighted by Crippen LogP contribution is 2.22. The van der Waals surface area contributed by atoms with Gasteiger partial charge in [0.05, 0.1) is 0 Å². The van der Waals surface area contributed by atoms with E-state index in [4.69, 9.17) is 11.6 Å². The molecule has 0 unspecified atom stereocenters. The summed E-state index contributed by atoms with van der Waals surface area (Å²) in [5.41, 5.74) is 1.37. The molecule has 6 nitrogen and oxygen atoms in total. The van der Waals surface area contributed by atoms with Gasteiger partial charge in [-0.3, -0.25) is 9.59 Å². The fourth-order valence-corrected chi connectivity index (χ4v) is 4.69. The van der Waals surface area contributed by atoms with E-state index in [0.717, 1.165) is 15.3 Å². The average Bonchev–Trinajstić information content (AvgIpc) is 2.90. The fourth-order valence-electron chi connectivity index (χ4n) is 3.56. The van der Waals surface area contributed by atoms with Crippen molar-refractivity contribution < 1.29 is 14.4 Å². The van der Waals surface area contributed by atoms with E-state index in [0.29, 0.717) is 43.3 Å². The summed E-state index contributed by atoms with van der Waals surface area (Å²) in [6, 6.07) is 8.70. The molecule has 1 aromatic heterocycles. The van der Waals surface area contributed by atoms with Gasteiger partial charge in [0.1, 0.15) is 0 Å². The minimum atomic E-state index is -0.204. The van der Waals surface area contributed by atoms with E-state index in [2.05, 4.69) is 5.32 Å². The lowest BCUT2D eigenvalue weighted by Crippen LogP contribution is -2.39. The van der Waals surface area contributed by atoms with Crippen LogP contribution in [-0.2, 0) is 4.79 Å². The molecule has 3 rings (SSSR count). The van der Waals surface area contributed by atoms with Gasteiger partial charge in [0.25, 0.3) is 0 Å². The van der Waals surface area contributed by atoms with E-state index in [9.17, 15) is 14.4 Å². The summed E-state index contributed by atoms with van der Waals surface area (Å²) < 4.78 is 0. The number of anilines is 1. The third-order valence-electron chi connectivity index (χ3n) is 5.12. The molecule has 3 amide bonds. The van der Waals surface area contributed by atoms with Gasteiger partial charge in [0, 0.05) is 65.0 Å². The Morgan fingerprint density at radius 3 is 2.47 bits per heavy atom. The van der Waals surface area contributed by atoms with Gasteiger partial charge in [0.15, 0.2) is 5.78 Å². The highest BCUT2D eigenvalue weighted by atomic mass is 35.5. The Labute approximate surface area is 185 Å². The third-order valence-corrected chi connectivity index (χ3v) is 6.32. The molecular weight excluding hydrogens is 422 g/mol. The zero-order valence-corrected chi connectivity index (χ0v) is 18.8. The van der Waals surface area contributed by atoms with Crippen LogP contribution in [0.3, 0.4) is 0 Å². The van der Waals surface area contributed by atoms with Crippen molar-refractivity contribution in [3.8, 4) is 0 Å². The number of rotatable bonds is 5. The zero-order valence-electron chi connectivity index (χ0n) is 17.2. The number of urea groups is 1. The van der Waals surface area contributed by atoms with Crippen molar-refractivity contribution in [1.82, 2.24) is 9.80 Å². The van der Waals surface area contributed by atoms with Crippen LogP contribution in [0.25, 0.3) is 0 Å². The quantitative estimate of drug-likeness (QED) is 0.672. The van der Waals surface area contributed by atoms with Gasteiger partial charge in [-0.05, 0) is 44.5 Å². The number of nitrogens with zero attached hydrogens (tertiary/aromatic N) is 2. The molecule has 1 aliphatic heterocycles. The van der Waals surface area contributed by atoms with Crippen molar-refractivity contribution in [2.24, 2.45) is 0 Å². The van der Waals surface area contributed by atoms with Crippen LogP contribution < -0.4 is 5.32 Å². The fraction of sp³-hybridized carbons (Fsp3) is 0.409. The lowest BCUT2D eigenvalue weighted by Gasteiger charge is -2.22. The predicted molar refractivity (Wildman–Crippen MR) is 121 cm³/mol. The van der Waals surface area contributed by atoms with Crippen molar-refractivity contribution >= 4 is 46.3 Å². The van der Waals surface area contributed by atoms with Crippen LogP contribution in [0.4, 0.5) is 10.5 Å². The molecule has 160 valence electrons. The third kappa shape index (κ3) is 5.83. The van der Waals surface area contributed by atoms with Crippen molar-refractivity contribution in [3.63, 3.8) is 0 Å². The second-order valence-corrected chi connectivity index (χ2v) is 9.31. The Hall–Kier alpha value is -2.38. The van der Waals surface area contributed by atoms with Gasteiger partial charge in [-0.15, -0.1) is 11.3 Å². The number of hydrogen-bond acceptors (Lipinski definition) is 4. The molecular formula is C22H26ClN3O3S. The summed E-state index contributed by atoms with van der Waals surface area (Å²) in [4.78, 5) is 43.2. The number of Topliss-reactive ketones (excluding diaryl/α,β-unsaturated/α-hetero) is 1. The molecule has 30 heavy (non-hydrogen) atoms. The molecule has 0 spiro atoms. The SMILES string of the molecule is Cc1cc(C(=O)CCC(=O)N2CCCN(C(=O)Nc3cccc(Cl)c3)CC2)c(C)s1. The van der Waals surface area contributed by atoms with Crippen molar-refractivity contribution in [2.75, 3.05) is 31.5 Å². The molecule has 1 aliphatic rings. The first-order valence-corrected chi connectivity index (χ1v) is 11.2. The molecule has 0 atom stereocenters. The van der Waals surface area contributed by atoms with E-state index < -0.39 is 0 Å². The van der Waals surface area contributed by atoms with Gasteiger partial charge in [-0.1, -0.05) is 17.7 Å². The summed E-state index contributed by atoms with van der Waals surface area (Å²) >= 11 is 7.56. The van der Waals surface area contributed by atoms with Gasteiger partial charge in [0.2, 0.25) is 5.91 Å². The lowest BCUT2D eigenvalue weighted by atomic mass is 10.1.